The van der Waals surface area contributed by atoms with Gasteiger partial charge in [-0.2, -0.15) is 0 Å². The first kappa shape index (κ1) is 17.5. The lowest BCUT2D eigenvalue weighted by Gasteiger charge is -2.06. The summed E-state index contributed by atoms with van der Waals surface area (Å²) >= 11 is 9.44. The first-order chi connectivity index (χ1) is 11.6. The van der Waals surface area contributed by atoms with E-state index in [2.05, 4.69) is 59.1 Å². The van der Waals surface area contributed by atoms with Crippen LogP contribution in [0.3, 0.4) is 0 Å². The summed E-state index contributed by atoms with van der Waals surface area (Å²) in [6, 6.07) is 10.2. The Labute approximate surface area is 156 Å². The highest BCUT2D eigenvalue weighted by atomic mass is 35.5. The van der Waals surface area contributed by atoms with Gasteiger partial charge in [0.1, 0.15) is 0 Å². The van der Waals surface area contributed by atoms with Crippen LogP contribution in [-0.2, 0) is 12.3 Å². The maximum absolute atomic E-state index is 5.94. The molecule has 0 radical (unpaired) electrons. The second-order valence-electron chi connectivity index (χ2n) is 5.86. The molecule has 0 spiro atoms. The number of rotatable bonds is 6. The van der Waals surface area contributed by atoms with Gasteiger partial charge in [0.2, 0.25) is 0 Å². The van der Waals surface area contributed by atoms with Crippen LogP contribution in [0.1, 0.15) is 37.1 Å². The molecule has 2 heterocycles. The number of halogens is 1. The second kappa shape index (κ2) is 7.72. The molecule has 24 heavy (non-hydrogen) atoms. The normalized spacial score (nSPS) is 11.4. The highest BCUT2D eigenvalue weighted by Gasteiger charge is 2.15. The summed E-state index contributed by atoms with van der Waals surface area (Å²) in [4.78, 5) is 1.38. The van der Waals surface area contributed by atoms with Crippen LogP contribution in [0.2, 0.25) is 5.02 Å². The van der Waals surface area contributed by atoms with Crippen molar-refractivity contribution >= 4 is 34.7 Å². The zero-order chi connectivity index (χ0) is 17.1. The molecule has 0 aliphatic heterocycles. The number of aromatic nitrogens is 3. The number of thioether (sulfide) groups is 1. The fourth-order valence-corrected chi connectivity index (χ4v) is 4.38. The van der Waals surface area contributed by atoms with Gasteiger partial charge in [0.25, 0.3) is 0 Å². The van der Waals surface area contributed by atoms with Gasteiger partial charge < -0.3 is 4.57 Å². The van der Waals surface area contributed by atoms with Gasteiger partial charge in [-0.25, -0.2) is 0 Å². The minimum Gasteiger partial charge on any atom is -0.302 e. The van der Waals surface area contributed by atoms with Crippen LogP contribution in [0, 0.1) is 0 Å². The second-order valence-corrected chi connectivity index (χ2v) is 8.18. The third-order valence-corrected chi connectivity index (χ3v) is 6.28. The maximum atomic E-state index is 5.94. The van der Waals surface area contributed by atoms with Crippen LogP contribution < -0.4 is 0 Å². The lowest BCUT2D eigenvalue weighted by Crippen LogP contribution is -1.99. The molecule has 0 unspecified atom stereocenters. The van der Waals surface area contributed by atoms with Crippen molar-refractivity contribution in [3.8, 4) is 11.4 Å². The molecule has 0 saturated carbocycles. The maximum Gasteiger partial charge on any atom is 0.191 e. The van der Waals surface area contributed by atoms with Crippen LogP contribution in [0.5, 0.6) is 0 Å². The molecule has 3 aromatic rings. The average molecular weight is 378 g/mol. The zero-order valence-electron chi connectivity index (χ0n) is 14.0. The summed E-state index contributed by atoms with van der Waals surface area (Å²) in [6.07, 6.45) is 0. The Balaban J connectivity index is 1.79. The van der Waals surface area contributed by atoms with Crippen LogP contribution >= 0.6 is 34.7 Å². The standard InChI is InChI=1S/C18H20ClN3S2/c1-4-22-17(14-9-16(12(2)3)23-11-14)20-21-18(22)24-10-13-5-7-15(19)8-6-13/h5-9,11-12H,4,10H2,1-3H3. The predicted octanol–water partition coefficient (Wildman–Crippen LogP) is 6.10. The molecule has 0 N–H and O–H groups in total. The third kappa shape index (κ3) is 3.85. The van der Waals surface area contributed by atoms with Crippen molar-refractivity contribution in [3.63, 3.8) is 0 Å². The monoisotopic (exact) mass is 377 g/mol. The molecular formula is C18H20ClN3S2. The molecule has 6 heteroatoms. The molecular weight excluding hydrogens is 358 g/mol. The van der Waals surface area contributed by atoms with Gasteiger partial charge in [-0.15, -0.1) is 21.5 Å². The Morgan fingerprint density at radius 2 is 1.96 bits per heavy atom. The van der Waals surface area contributed by atoms with E-state index >= 15 is 0 Å². The highest BCUT2D eigenvalue weighted by molar-refractivity contribution is 7.98. The molecule has 0 saturated heterocycles. The molecule has 0 aliphatic rings. The van der Waals surface area contributed by atoms with Crippen molar-refractivity contribution in [2.75, 3.05) is 0 Å². The van der Waals surface area contributed by atoms with E-state index in [0.717, 1.165) is 33.9 Å². The zero-order valence-corrected chi connectivity index (χ0v) is 16.4. The van der Waals surface area contributed by atoms with E-state index in [0.29, 0.717) is 5.92 Å². The Morgan fingerprint density at radius 3 is 2.58 bits per heavy atom. The summed E-state index contributed by atoms with van der Waals surface area (Å²) in [5.74, 6) is 2.36. The van der Waals surface area contributed by atoms with Gasteiger partial charge in [-0.3, -0.25) is 0 Å². The van der Waals surface area contributed by atoms with E-state index in [1.807, 2.05) is 12.1 Å². The van der Waals surface area contributed by atoms with Crippen LogP contribution in [0.4, 0.5) is 0 Å². The predicted molar refractivity (Wildman–Crippen MR) is 104 cm³/mol. The van der Waals surface area contributed by atoms with Crippen molar-refractivity contribution in [3.05, 3.63) is 51.2 Å². The van der Waals surface area contributed by atoms with Gasteiger partial charge in [0.05, 0.1) is 0 Å². The lowest BCUT2D eigenvalue weighted by atomic mass is 10.1. The molecule has 3 nitrogen and oxygen atoms in total. The minimum absolute atomic E-state index is 0.542. The number of hydrogen-bond acceptors (Lipinski definition) is 4. The lowest BCUT2D eigenvalue weighted by molar-refractivity contribution is 0.687. The first-order valence-electron chi connectivity index (χ1n) is 7.97. The summed E-state index contributed by atoms with van der Waals surface area (Å²) in [5.41, 5.74) is 2.39. The van der Waals surface area contributed by atoms with Gasteiger partial charge in [0, 0.05) is 33.1 Å². The first-order valence-corrected chi connectivity index (χ1v) is 10.2. The van der Waals surface area contributed by atoms with Crippen LogP contribution in [-0.4, -0.2) is 14.8 Å². The van der Waals surface area contributed by atoms with Gasteiger partial charge in [0.15, 0.2) is 11.0 Å². The number of nitrogens with zero attached hydrogens (tertiary/aromatic N) is 3. The van der Waals surface area contributed by atoms with E-state index in [9.17, 15) is 0 Å². The highest BCUT2D eigenvalue weighted by Crippen LogP contribution is 2.31. The molecule has 1 aromatic carbocycles. The van der Waals surface area contributed by atoms with Crippen molar-refractivity contribution in [1.29, 1.82) is 0 Å². The summed E-state index contributed by atoms with van der Waals surface area (Å²) < 4.78 is 2.19. The minimum atomic E-state index is 0.542. The van der Waals surface area contributed by atoms with E-state index in [1.54, 1.807) is 23.1 Å². The average Bonchev–Trinajstić information content (AvgIpc) is 3.20. The van der Waals surface area contributed by atoms with E-state index in [4.69, 9.17) is 11.6 Å². The molecule has 3 rings (SSSR count). The van der Waals surface area contributed by atoms with Crippen LogP contribution in [0.25, 0.3) is 11.4 Å². The Hall–Kier alpha value is -1.30. The fourth-order valence-electron chi connectivity index (χ4n) is 2.40. The van der Waals surface area contributed by atoms with Crippen molar-refractivity contribution in [2.24, 2.45) is 0 Å². The van der Waals surface area contributed by atoms with Crippen molar-refractivity contribution in [1.82, 2.24) is 14.8 Å². The van der Waals surface area contributed by atoms with E-state index in [1.165, 1.54) is 10.4 Å². The Kier molecular flexibility index (Phi) is 5.64. The third-order valence-electron chi connectivity index (χ3n) is 3.76. The van der Waals surface area contributed by atoms with Crippen molar-refractivity contribution < 1.29 is 0 Å². The number of benzene rings is 1. The molecule has 2 aromatic heterocycles. The van der Waals surface area contributed by atoms with E-state index < -0.39 is 0 Å². The topological polar surface area (TPSA) is 30.7 Å². The van der Waals surface area contributed by atoms with Gasteiger partial charge in [-0.1, -0.05) is 49.3 Å². The molecule has 126 valence electrons. The fraction of sp³-hybridized carbons (Fsp3) is 0.333. The molecule has 0 amide bonds. The summed E-state index contributed by atoms with van der Waals surface area (Å²) in [7, 11) is 0. The number of thiophene rings is 1. The molecule has 0 atom stereocenters. The van der Waals surface area contributed by atoms with Gasteiger partial charge >= 0.3 is 0 Å². The summed E-state index contributed by atoms with van der Waals surface area (Å²) in [6.45, 7) is 7.42. The van der Waals surface area contributed by atoms with E-state index in [-0.39, 0.29) is 0 Å². The number of hydrogen-bond donors (Lipinski definition) is 0. The molecule has 0 fully saturated rings. The molecule has 0 bridgehead atoms. The molecule has 0 aliphatic carbocycles. The Bertz CT molecular complexity index is 806. The smallest absolute Gasteiger partial charge is 0.191 e. The summed E-state index contributed by atoms with van der Waals surface area (Å²) in [5, 5.41) is 12.7. The largest absolute Gasteiger partial charge is 0.302 e. The van der Waals surface area contributed by atoms with Crippen molar-refractivity contribution in [2.45, 2.75) is 44.1 Å². The van der Waals surface area contributed by atoms with Crippen LogP contribution in [0.15, 0.2) is 40.9 Å². The van der Waals surface area contributed by atoms with Gasteiger partial charge in [-0.05, 0) is 36.6 Å². The SMILES string of the molecule is CCn1c(SCc2ccc(Cl)cc2)nnc1-c1csc(C(C)C)c1. The Morgan fingerprint density at radius 1 is 1.21 bits per heavy atom. The quantitative estimate of drug-likeness (QED) is 0.486.